The van der Waals surface area contributed by atoms with E-state index in [9.17, 15) is 9.18 Å². The van der Waals surface area contributed by atoms with Gasteiger partial charge in [-0.3, -0.25) is 9.78 Å². The van der Waals surface area contributed by atoms with Gasteiger partial charge in [-0.05, 0) is 11.3 Å². The number of nitrogens with zero attached hydrogens (tertiary/aromatic N) is 1. The molecule has 0 atom stereocenters. The molecule has 21 heavy (non-hydrogen) atoms. The molecular formula is C15H18FN3OS. The van der Waals surface area contributed by atoms with Crippen LogP contribution in [0.4, 0.5) is 10.3 Å². The number of halogens is 1. The van der Waals surface area contributed by atoms with Crippen molar-refractivity contribution < 1.29 is 4.39 Å². The second kappa shape index (κ2) is 7.26. The molecule has 1 heterocycles. The summed E-state index contributed by atoms with van der Waals surface area (Å²) in [6.07, 6.45) is 0. The lowest BCUT2D eigenvalue weighted by Gasteiger charge is -2.08. The number of hydrogen-bond acceptors (Lipinski definition) is 4. The Morgan fingerprint density at radius 1 is 1.38 bits per heavy atom. The van der Waals surface area contributed by atoms with Crippen LogP contribution >= 0.6 is 11.8 Å². The first-order valence-electron chi connectivity index (χ1n) is 6.73. The van der Waals surface area contributed by atoms with Crippen molar-refractivity contribution in [1.29, 1.82) is 0 Å². The summed E-state index contributed by atoms with van der Waals surface area (Å²) >= 11 is 1.72. The SMILES string of the molecule is CC(C)SCc1cc(=O)[nH]c(NCc2ccccc2F)n1. The summed E-state index contributed by atoms with van der Waals surface area (Å²) in [5, 5.41) is 3.43. The fraction of sp³-hybridized carbons (Fsp3) is 0.333. The van der Waals surface area contributed by atoms with E-state index < -0.39 is 0 Å². The molecule has 1 aromatic carbocycles. The summed E-state index contributed by atoms with van der Waals surface area (Å²) in [6, 6.07) is 8.00. The molecule has 0 unspecified atom stereocenters. The van der Waals surface area contributed by atoms with Gasteiger partial charge in [-0.25, -0.2) is 9.37 Å². The van der Waals surface area contributed by atoms with E-state index in [1.807, 2.05) is 0 Å². The van der Waals surface area contributed by atoms with Crippen molar-refractivity contribution in [3.63, 3.8) is 0 Å². The van der Waals surface area contributed by atoms with E-state index in [1.165, 1.54) is 12.1 Å². The second-order valence-corrected chi connectivity index (χ2v) is 6.45. The Labute approximate surface area is 127 Å². The number of rotatable bonds is 6. The van der Waals surface area contributed by atoms with Crippen molar-refractivity contribution in [2.45, 2.75) is 31.4 Å². The predicted octanol–water partition coefficient (Wildman–Crippen LogP) is 3.16. The van der Waals surface area contributed by atoms with Crippen molar-refractivity contribution in [3.8, 4) is 0 Å². The van der Waals surface area contributed by atoms with Gasteiger partial charge in [0.1, 0.15) is 5.82 Å². The second-order valence-electron chi connectivity index (χ2n) is 4.89. The summed E-state index contributed by atoms with van der Waals surface area (Å²) in [5.41, 5.74) is 1.04. The average molecular weight is 307 g/mol. The van der Waals surface area contributed by atoms with E-state index in [0.717, 1.165) is 0 Å². The summed E-state index contributed by atoms with van der Waals surface area (Å²) in [5.74, 6) is 0.764. The Kier molecular flexibility index (Phi) is 5.38. The van der Waals surface area contributed by atoms with Crippen molar-refractivity contribution >= 4 is 17.7 Å². The molecule has 112 valence electrons. The Morgan fingerprint density at radius 2 is 2.14 bits per heavy atom. The number of benzene rings is 1. The molecule has 2 aromatic rings. The van der Waals surface area contributed by atoms with Crippen molar-refractivity contribution in [1.82, 2.24) is 9.97 Å². The lowest BCUT2D eigenvalue weighted by molar-refractivity contribution is 0.612. The highest BCUT2D eigenvalue weighted by atomic mass is 32.2. The predicted molar refractivity (Wildman–Crippen MR) is 85.0 cm³/mol. The van der Waals surface area contributed by atoms with Crippen molar-refractivity contribution in [2.75, 3.05) is 5.32 Å². The van der Waals surface area contributed by atoms with Crippen molar-refractivity contribution in [3.05, 3.63) is 57.8 Å². The molecule has 0 saturated carbocycles. The van der Waals surface area contributed by atoms with Gasteiger partial charge in [-0.15, -0.1) is 0 Å². The molecule has 0 radical (unpaired) electrons. The van der Waals surface area contributed by atoms with E-state index in [1.54, 1.807) is 30.0 Å². The molecule has 0 aliphatic carbocycles. The van der Waals surface area contributed by atoms with Crippen LogP contribution in [0.25, 0.3) is 0 Å². The zero-order chi connectivity index (χ0) is 15.2. The maximum Gasteiger partial charge on any atom is 0.252 e. The zero-order valence-corrected chi connectivity index (χ0v) is 12.8. The van der Waals surface area contributed by atoms with Gasteiger partial charge in [0.05, 0.1) is 5.69 Å². The smallest absolute Gasteiger partial charge is 0.252 e. The summed E-state index contributed by atoms with van der Waals surface area (Å²) in [7, 11) is 0. The van der Waals surface area contributed by atoms with Gasteiger partial charge in [0, 0.05) is 23.9 Å². The normalized spacial score (nSPS) is 10.9. The molecule has 1 aromatic heterocycles. The first-order chi connectivity index (χ1) is 10.0. The molecular weight excluding hydrogens is 289 g/mol. The molecule has 0 fully saturated rings. The molecule has 6 heteroatoms. The number of aromatic amines is 1. The number of anilines is 1. The fourth-order valence-corrected chi connectivity index (χ4v) is 2.39. The van der Waals surface area contributed by atoms with E-state index >= 15 is 0 Å². The summed E-state index contributed by atoms with van der Waals surface area (Å²) in [6.45, 7) is 4.46. The minimum absolute atomic E-state index is 0.208. The number of aromatic nitrogens is 2. The van der Waals surface area contributed by atoms with Gasteiger partial charge in [0.2, 0.25) is 5.95 Å². The molecule has 0 spiro atoms. The van der Waals surface area contributed by atoms with Crippen LogP contribution in [0.3, 0.4) is 0 Å². The van der Waals surface area contributed by atoms with Crippen LogP contribution in [0.2, 0.25) is 0 Å². The number of thioether (sulfide) groups is 1. The van der Waals surface area contributed by atoms with Gasteiger partial charge in [-0.2, -0.15) is 11.8 Å². The highest BCUT2D eigenvalue weighted by molar-refractivity contribution is 7.99. The van der Waals surface area contributed by atoms with Gasteiger partial charge in [0.15, 0.2) is 0 Å². The Balaban J connectivity index is 2.06. The number of H-pyrrole nitrogens is 1. The van der Waals surface area contributed by atoms with Crippen molar-refractivity contribution in [2.24, 2.45) is 0 Å². The van der Waals surface area contributed by atoms with E-state index in [2.05, 4.69) is 29.1 Å². The molecule has 4 nitrogen and oxygen atoms in total. The van der Waals surface area contributed by atoms with Crippen LogP contribution in [0, 0.1) is 5.82 Å². The topological polar surface area (TPSA) is 57.8 Å². The minimum atomic E-state index is -0.279. The van der Waals surface area contributed by atoms with Crippen LogP contribution in [0.15, 0.2) is 35.1 Å². The van der Waals surface area contributed by atoms with Crippen LogP contribution < -0.4 is 10.9 Å². The van der Waals surface area contributed by atoms with Gasteiger partial charge < -0.3 is 5.32 Å². The third kappa shape index (κ3) is 4.90. The minimum Gasteiger partial charge on any atom is -0.352 e. The Hall–Kier alpha value is -1.82. The molecule has 2 rings (SSSR count). The average Bonchev–Trinajstić information content (AvgIpc) is 2.44. The van der Waals surface area contributed by atoms with Crippen LogP contribution in [-0.4, -0.2) is 15.2 Å². The Bertz CT molecular complexity index is 657. The first kappa shape index (κ1) is 15.6. The quantitative estimate of drug-likeness (QED) is 0.860. The molecule has 0 saturated heterocycles. The maximum atomic E-state index is 13.5. The number of nitrogens with one attached hydrogen (secondary N) is 2. The molecule has 0 aliphatic rings. The highest BCUT2D eigenvalue weighted by Crippen LogP contribution is 2.15. The fourth-order valence-electron chi connectivity index (χ4n) is 1.74. The lowest BCUT2D eigenvalue weighted by Crippen LogP contribution is -2.14. The summed E-state index contributed by atoms with van der Waals surface area (Å²) < 4.78 is 13.5. The molecule has 0 amide bonds. The number of hydrogen-bond donors (Lipinski definition) is 2. The van der Waals surface area contributed by atoms with Crippen LogP contribution in [0.1, 0.15) is 25.1 Å². The largest absolute Gasteiger partial charge is 0.352 e. The van der Waals surface area contributed by atoms with Gasteiger partial charge in [0.25, 0.3) is 5.56 Å². The van der Waals surface area contributed by atoms with Crippen LogP contribution in [0.5, 0.6) is 0 Å². The molecule has 2 N–H and O–H groups in total. The third-order valence-electron chi connectivity index (χ3n) is 2.76. The first-order valence-corrected chi connectivity index (χ1v) is 7.78. The maximum absolute atomic E-state index is 13.5. The zero-order valence-electron chi connectivity index (χ0n) is 12.0. The monoisotopic (exact) mass is 307 g/mol. The van der Waals surface area contributed by atoms with Gasteiger partial charge >= 0.3 is 0 Å². The Morgan fingerprint density at radius 3 is 2.86 bits per heavy atom. The standard InChI is InChI=1S/C15H18FN3OS/c1-10(2)21-9-12-7-14(20)19-15(18-12)17-8-11-5-3-4-6-13(11)16/h3-7,10H,8-9H2,1-2H3,(H2,17,18,19,20). The van der Waals surface area contributed by atoms with Crippen LogP contribution in [-0.2, 0) is 12.3 Å². The molecule has 0 bridgehead atoms. The lowest BCUT2D eigenvalue weighted by atomic mass is 10.2. The van der Waals surface area contributed by atoms with E-state index in [-0.39, 0.29) is 17.9 Å². The highest BCUT2D eigenvalue weighted by Gasteiger charge is 2.05. The third-order valence-corrected chi connectivity index (χ3v) is 3.89. The summed E-state index contributed by atoms with van der Waals surface area (Å²) in [4.78, 5) is 18.6. The van der Waals surface area contributed by atoms with E-state index in [4.69, 9.17) is 0 Å². The molecule has 0 aliphatic heterocycles. The van der Waals surface area contributed by atoms with E-state index in [0.29, 0.717) is 28.2 Å². The van der Waals surface area contributed by atoms with Gasteiger partial charge in [-0.1, -0.05) is 32.0 Å².